The monoisotopic (exact) mass is 270 g/mol. The standard InChI is InChI=1S/C16H18N2O2/c1-20-16(8-5-9-16)10-15(19)13-11-17-18(12-13)14-6-3-2-4-7-14/h2-4,6-7,11-12H,5,8-10H2,1H3. The lowest BCUT2D eigenvalue weighted by Gasteiger charge is -2.39. The molecule has 0 atom stereocenters. The summed E-state index contributed by atoms with van der Waals surface area (Å²) >= 11 is 0. The number of hydrogen-bond donors (Lipinski definition) is 0. The first-order valence-corrected chi connectivity index (χ1v) is 6.91. The minimum absolute atomic E-state index is 0.105. The highest BCUT2D eigenvalue weighted by Crippen LogP contribution is 2.38. The molecule has 1 aromatic carbocycles. The van der Waals surface area contributed by atoms with Gasteiger partial charge in [-0.05, 0) is 31.4 Å². The van der Waals surface area contributed by atoms with Gasteiger partial charge in [0, 0.05) is 19.7 Å². The Hall–Kier alpha value is -1.94. The largest absolute Gasteiger partial charge is 0.378 e. The first kappa shape index (κ1) is 13.1. The fraction of sp³-hybridized carbons (Fsp3) is 0.375. The molecule has 3 rings (SSSR count). The molecule has 4 nitrogen and oxygen atoms in total. The molecule has 0 unspecified atom stereocenters. The number of Topliss-reactive ketones (excluding diaryl/α,β-unsaturated/α-hetero) is 1. The molecule has 1 aliphatic rings. The van der Waals surface area contributed by atoms with Crippen molar-refractivity contribution < 1.29 is 9.53 Å². The van der Waals surface area contributed by atoms with Gasteiger partial charge in [-0.2, -0.15) is 5.10 Å². The van der Waals surface area contributed by atoms with E-state index in [1.807, 2.05) is 30.3 Å². The molecule has 0 spiro atoms. The second-order valence-electron chi connectivity index (χ2n) is 5.35. The van der Waals surface area contributed by atoms with E-state index in [-0.39, 0.29) is 11.4 Å². The zero-order valence-corrected chi connectivity index (χ0v) is 11.6. The van der Waals surface area contributed by atoms with Gasteiger partial charge in [0.15, 0.2) is 5.78 Å². The SMILES string of the molecule is COC1(CC(=O)c2cnn(-c3ccccc3)c2)CCC1. The number of carbonyl (C=O) groups excluding carboxylic acids is 1. The maximum absolute atomic E-state index is 12.3. The predicted octanol–water partition coefficient (Wildman–Crippen LogP) is 3.01. The van der Waals surface area contributed by atoms with Gasteiger partial charge in [0.1, 0.15) is 0 Å². The van der Waals surface area contributed by atoms with Gasteiger partial charge in [-0.1, -0.05) is 18.2 Å². The van der Waals surface area contributed by atoms with Crippen molar-refractivity contribution in [3.8, 4) is 5.69 Å². The number of rotatable bonds is 5. The average molecular weight is 270 g/mol. The molecule has 0 amide bonds. The highest BCUT2D eigenvalue weighted by Gasteiger charge is 2.39. The Kier molecular flexibility index (Phi) is 3.40. The number of para-hydroxylation sites is 1. The molecule has 1 aromatic heterocycles. The summed E-state index contributed by atoms with van der Waals surface area (Å²) in [5.41, 5.74) is 1.38. The summed E-state index contributed by atoms with van der Waals surface area (Å²) in [7, 11) is 1.69. The molecule has 1 aliphatic carbocycles. The molecule has 0 N–H and O–H groups in total. The van der Waals surface area contributed by atoms with E-state index >= 15 is 0 Å². The second kappa shape index (κ2) is 5.21. The van der Waals surface area contributed by atoms with Crippen molar-refractivity contribution in [1.82, 2.24) is 9.78 Å². The lowest BCUT2D eigenvalue weighted by Crippen LogP contribution is -2.41. The van der Waals surface area contributed by atoms with Crippen LogP contribution in [-0.2, 0) is 4.74 Å². The molecule has 0 aliphatic heterocycles. The van der Waals surface area contributed by atoms with Gasteiger partial charge >= 0.3 is 0 Å². The van der Waals surface area contributed by atoms with Gasteiger partial charge < -0.3 is 4.74 Å². The molecule has 1 heterocycles. The molecule has 1 fully saturated rings. The summed E-state index contributed by atoms with van der Waals surface area (Å²) in [6.45, 7) is 0. The molecule has 2 aromatic rings. The molecular weight excluding hydrogens is 252 g/mol. The van der Waals surface area contributed by atoms with Crippen LogP contribution < -0.4 is 0 Å². The number of methoxy groups -OCH3 is 1. The second-order valence-corrected chi connectivity index (χ2v) is 5.35. The van der Waals surface area contributed by atoms with Gasteiger partial charge in [-0.25, -0.2) is 4.68 Å². The van der Waals surface area contributed by atoms with Crippen molar-refractivity contribution in [3.63, 3.8) is 0 Å². The first-order chi connectivity index (χ1) is 9.72. The van der Waals surface area contributed by atoms with E-state index in [0.29, 0.717) is 12.0 Å². The Morgan fingerprint density at radius 3 is 2.70 bits per heavy atom. The van der Waals surface area contributed by atoms with Crippen LogP contribution in [-0.4, -0.2) is 28.3 Å². The quantitative estimate of drug-likeness (QED) is 0.784. The smallest absolute Gasteiger partial charge is 0.168 e. The van der Waals surface area contributed by atoms with Crippen molar-refractivity contribution in [1.29, 1.82) is 0 Å². The maximum atomic E-state index is 12.3. The fourth-order valence-corrected chi connectivity index (χ4v) is 2.61. The van der Waals surface area contributed by atoms with Gasteiger partial charge in [-0.15, -0.1) is 0 Å². The van der Waals surface area contributed by atoms with Gasteiger partial charge in [0.05, 0.1) is 23.0 Å². The topological polar surface area (TPSA) is 44.1 Å². The van der Waals surface area contributed by atoms with Gasteiger partial charge in [0.2, 0.25) is 0 Å². The molecule has 0 bridgehead atoms. The number of hydrogen-bond acceptors (Lipinski definition) is 3. The highest BCUT2D eigenvalue weighted by molar-refractivity contribution is 5.96. The molecule has 20 heavy (non-hydrogen) atoms. The van der Waals surface area contributed by atoms with Crippen LogP contribution in [0.1, 0.15) is 36.0 Å². The third kappa shape index (κ3) is 2.39. The van der Waals surface area contributed by atoms with Crippen LogP contribution in [0.4, 0.5) is 0 Å². The Labute approximate surface area is 118 Å². The van der Waals surface area contributed by atoms with Crippen molar-refractivity contribution >= 4 is 5.78 Å². The van der Waals surface area contributed by atoms with Crippen LogP contribution in [0.3, 0.4) is 0 Å². The zero-order chi connectivity index (χ0) is 14.0. The van der Waals surface area contributed by atoms with Crippen molar-refractivity contribution in [2.24, 2.45) is 0 Å². The zero-order valence-electron chi connectivity index (χ0n) is 11.6. The van der Waals surface area contributed by atoms with Crippen LogP contribution in [0.5, 0.6) is 0 Å². The van der Waals surface area contributed by atoms with E-state index in [4.69, 9.17) is 4.74 Å². The van der Waals surface area contributed by atoms with Crippen LogP contribution >= 0.6 is 0 Å². The fourth-order valence-electron chi connectivity index (χ4n) is 2.61. The van der Waals surface area contributed by atoms with Crippen molar-refractivity contribution in [3.05, 3.63) is 48.3 Å². The maximum Gasteiger partial charge on any atom is 0.168 e. The number of carbonyl (C=O) groups is 1. The van der Waals surface area contributed by atoms with E-state index in [1.165, 1.54) is 0 Å². The minimum Gasteiger partial charge on any atom is -0.378 e. The van der Waals surface area contributed by atoms with Crippen LogP contribution in [0, 0.1) is 0 Å². The predicted molar refractivity (Wildman–Crippen MR) is 76.1 cm³/mol. The molecule has 4 heteroatoms. The highest BCUT2D eigenvalue weighted by atomic mass is 16.5. The van der Waals surface area contributed by atoms with Crippen LogP contribution in [0.25, 0.3) is 5.69 Å². The van der Waals surface area contributed by atoms with Crippen LogP contribution in [0.15, 0.2) is 42.7 Å². The number of ketones is 1. The summed E-state index contributed by atoms with van der Waals surface area (Å²) < 4.78 is 7.24. The van der Waals surface area contributed by atoms with Gasteiger partial charge in [-0.3, -0.25) is 4.79 Å². The number of benzene rings is 1. The third-order valence-corrected chi connectivity index (χ3v) is 4.11. The van der Waals surface area contributed by atoms with E-state index in [1.54, 1.807) is 24.2 Å². The minimum atomic E-state index is -0.230. The van der Waals surface area contributed by atoms with E-state index < -0.39 is 0 Å². The first-order valence-electron chi connectivity index (χ1n) is 6.91. The summed E-state index contributed by atoms with van der Waals surface area (Å²) in [4.78, 5) is 12.3. The Bertz CT molecular complexity index is 594. The number of ether oxygens (including phenoxy) is 1. The van der Waals surface area contributed by atoms with Gasteiger partial charge in [0.25, 0.3) is 0 Å². The Balaban J connectivity index is 1.75. The number of aromatic nitrogens is 2. The lowest BCUT2D eigenvalue weighted by molar-refractivity contribution is -0.0704. The molecular formula is C16H18N2O2. The molecule has 0 saturated heterocycles. The molecule has 1 saturated carbocycles. The van der Waals surface area contributed by atoms with E-state index in [0.717, 1.165) is 24.9 Å². The average Bonchev–Trinajstić information content (AvgIpc) is 2.93. The number of nitrogens with zero attached hydrogens (tertiary/aromatic N) is 2. The van der Waals surface area contributed by atoms with Crippen molar-refractivity contribution in [2.75, 3.05) is 7.11 Å². The van der Waals surface area contributed by atoms with Crippen LogP contribution in [0.2, 0.25) is 0 Å². The summed E-state index contributed by atoms with van der Waals surface area (Å²) in [5, 5.41) is 4.26. The van der Waals surface area contributed by atoms with E-state index in [2.05, 4.69) is 5.10 Å². The summed E-state index contributed by atoms with van der Waals surface area (Å²) in [5.74, 6) is 0.105. The third-order valence-electron chi connectivity index (χ3n) is 4.11. The van der Waals surface area contributed by atoms with E-state index in [9.17, 15) is 4.79 Å². The Morgan fingerprint density at radius 1 is 1.35 bits per heavy atom. The van der Waals surface area contributed by atoms with Crippen molar-refractivity contribution in [2.45, 2.75) is 31.3 Å². The summed E-state index contributed by atoms with van der Waals surface area (Å²) in [6.07, 6.45) is 6.97. The molecule has 0 radical (unpaired) electrons. The molecule has 104 valence electrons. The normalized spacial score (nSPS) is 16.6. The lowest BCUT2D eigenvalue weighted by atomic mass is 9.76. The summed E-state index contributed by atoms with van der Waals surface area (Å²) in [6, 6.07) is 9.78. The Morgan fingerprint density at radius 2 is 2.10 bits per heavy atom.